The molecule has 0 aromatic heterocycles. The van der Waals surface area contributed by atoms with Crippen molar-refractivity contribution in [3.8, 4) is 0 Å². The lowest BCUT2D eigenvalue weighted by molar-refractivity contribution is -0.127. The summed E-state index contributed by atoms with van der Waals surface area (Å²) < 4.78 is 5.43. The summed E-state index contributed by atoms with van der Waals surface area (Å²) in [6.07, 6.45) is 3.76. The molecule has 2 rings (SSSR count). The van der Waals surface area contributed by atoms with E-state index in [9.17, 15) is 9.59 Å². The van der Waals surface area contributed by atoms with Crippen molar-refractivity contribution in [1.82, 2.24) is 0 Å². The van der Waals surface area contributed by atoms with Crippen LogP contribution in [0.5, 0.6) is 0 Å². The van der Waals surface area contributed by atoms with Gasteiger partial charge in [-0.05, 0) is 50.0 Å². The van der Waals surface area contributed by atoms with Crippen molar-refractivity contribution >= 4 is 11.6 Å². The van der Waals surface area contributed by atoms with Crippen LogP contribution in [0.3, 0.4) is 0 Å². The maximum Gasteiger partial charge on any atom is 0.169 e. The molecule has 3 atom stereocenters. The van der Waals surface area contributed by atoms with Crippen molar-refractivity contribution in [2.45, 2.75) is 74.3 Å². The van der Waals surface area contributed by atoms with E-state index in [1.165, 1.54) is 5.57 Å². The molecule has 0 N–H and O–H groups in total. The smallest absolute Gasteiger partial charge is 0.169 e. The molecule has 3 unspecified atom stereocenters. The van der Waals surface area contributed by atoms with E-state index >= 15 is 0 Å². The van der Waals surface area contributed by atoms with Gasteiger partial charge in [0.15, 0.2) is 11.6 Å². The zero-order valence-electron chi connectivity index (χ0n) is 17.4. The number of ketones is 2. The molecule has 1 fully saturated rings. The van der Waals surface area contributed by atoms with E-state index < -0.39 is 5.41 Å². The third-order valence-electron chi connectivity index (χ3n) is 5.87. The minimum Gasteiger partial charge on any atom is -0.380 e. The molecule has 140 valence electrons. The second-order valence-electron chi connectivity index (χ2n) is 9.99. The largest absolute Gasteiger partial charge is 0.380 e. The third kappa shape index (κ3) is 3.40. The molecular formula is C22H34O3. The minimum absolute atomic E-state index is 0.0902. The van der Waals surface area contributed by atoms with Crippen LogP contribution in [0, 0.1) is 22.2 Å². The molecule has 0 bridgehead atoms. The molecule has 0 aliphatic heterocycles. The molecule has 25 heavy (non-hydrogen) atoms. The highest BCUT2D eigenvalue weighted by molar-refractivity contribution is 6.20. The van der Waals surface area contributed by atoms with Gasteiger partial charge >= 0.3 is 0 Å². The number of allylic oxidation sites excluding steroid dienone is 4. The summed E-state index contributed by atoms with van der Waals surface area (Å²) in [4.78, 5) is 26.0. The summed E-state index contributed by atoms with van der Waals surface area (Å²) in [7, 11) is 1.59. The Morgan fingerprint density at radius 2 is 1.76 bits per heavy atom. The Kier molecular flexibility index (Phi) is 4.98. The maximum atomic E-state index is 13.2. The number of methoxy groups -OCH3 is 1. The van der Waals surface area contributed by atoms with Gasteiger partial charge in [0.05, 0.1) is 17.4 Å². The molecule has 0 saturated heterocycles. The number of rotatable bonds is 5. The monoisotopic (exact) mass is 346 g/mol. The molecule has 2 aliphatic carbocycles. The molecule has 2 aliphatic rings. The number of Topliss-reactive ketones (excluding diaryl/α,β-unsaturated/α-hetero) is 2. The van der Waals surface area contributed by atoms with Gasteiger partial charge in [-0.15, -0.1) is 0 Å². The van der Waals surface area contributed by atoms with Crippen LogP contribution >= 0.6 is 0 Å². The number of carbonyl (C=O) groups excluding carboxylic acids is 2. The maximum absolute atomic E-state index is 13.2. The Morgan fingerprint density at radius 1 is 1.20 bits per heavy atom. The number of carbonyl (C=O) groups is 2. The summed E-state index contributed by atoms with van der Waals surface area (Å²) in [6.45, 7) is 16.7. The predicted molar refractivity (Wildman–Crippen MR) is 101 cm³/mol. The molecule has 0 aromatic carbocycles. The van der Waals surface area contributed by atoms with Crippen LogP contribution in [0.1, 0.15) is 68.2 Å². The lowest BCUT2D eigenvalue weighted by atomic mass is 9.69. The van der Waals surface area contributed by atoms with Crippen LogP contribution in [0.15, 0.2) is 22.8 Å². The standard InChI is InChI=1S/C22H34O3/c1-13(12-20(3,4)5)10-11-21(6,7)15-14(2)17(23)16-19(25-9)22(16,8)18(15)24/h10,16,19H,11-12H2,1-9H3. The zero-order valence-corrected chi connectivity index (χ0v) is 17.4. The molecule has 3 nitrogen and oxygen atoms in total. The second kappa shape index (κ2) is 6.19. The van der Waals surface area contributed by atoms with E-state index in [1.54, 1.807) is 7.11 Å². The Hall–Kier alpha value is -1.22. The van der Waals surface area contributed by atoms with Crippen molar-refractivity contribution in [3.05, 3.63) is 22.8 Å². The summed E-state index contributed by atoms with van der Waals surface area (Å²) in [5.41, 5.74) is 1.90. The van der Waals surface area contributed by atoms with Crippen molar-refractivity contribution in [3.63, 3.8) is 0 Å². The van der Waals surface area contributed by atoms with Gasteiger partial charge in [0.1, 0.15) is 0 Å². The number of hydrogen-bond donors (Lipinski definition) is 0. The first-order chi connectivity index (χ1) is 11.3. The summed E-state index contributed by atoms with van der Waals surface area (Å²) >= 11 is 0. The highest BCUT2D eigenvalue weighted by Gasteiger charge is 2.73. The highest BCUT2D eigenvalue weighted by atomic mass is 16.5. The van der Waals surface area contributed by atoms with Crippen LogP contribution < -0.4 is 0 Å². The van der Waals surface area contributed by atoms with Gasteiger partial charge in [-0.25, -0.2) is 0 Å². The fraction of sp³-hybridized carbons (Fsp3) is 0.727. The summed E-state index contributed by atoms with van der Waals surface area (Å²) in [5, 5.41) is 0. The Bertz CT molecular complexity index is 657. The van der Waals surface area contributed by atoms with E-state index in [0.717, 1.165) is 12.8 Å². The first-order valence-corrected chi connectivity index (χ1v) is 9.26. The van der Waals surface area contributed by atoms with Crippen LogP contribution in [0.4, 0.5) is 0 Å². The van der Waals surface area contributed by atoms with Gasteiger partial charge < -0.3 is 4.74 Å². The molecule has 0 heterocycles. The number of fused-ring (bicyclic) bond motifs is 1. The average molecular weight is 347 g/mol. The van der Waals surface area contributed by atoms with Gasteiger partial charge in [-0.3, -0.25) is 9.59 Å². The first-order valence-electron chi connectivity index (χ1n) is 9.26. The lowest BCUT2D eigenvalue weighted by Gasteiger charge is -2.32. The highest BCUT2D eigenvalue weighted by Crippen LogP contribution is 2.62. The summed E-state index contributed by atoms with van der Waals surface area (Å²) in [6, 6.07) is 0. The van der Waals surface area contributed by atoms with E-state index in [0.29, 0.717) is 11.1 Å². The van der Waals surface area contributed by atoms with Gasteiger partial charge in [-0.2, -0.15) is 0 Å². The average Bonchev–Trinajstić information content (AvgIpc) is 3.08. The molecule has 0 radical (unpaired) electrons. The molecule has 0 spiro atoms. The zero-order chi connectivity index (χ0) is 19.4. The Morgan fingerprint density at radius 3 is 2.24 bits per heavy atom. The topological polar surface area (TPSA) is 43.4 Å². The van der Waals surface area contributed by atoms with Crippen LogP contribution in [-0.4, -0.2) is 24.8 Å². The van der Waals surface area contributed by atoms with Crippen LogP contribution in [0.25, 0.3) is 0 Å². The van der Waals surface area contributed by atoms with Crippen molar-refractivity contribution in [1.29, 1.82) is 0 Å². The van der Waals surface area contributed by atoms with Gasteiger partial charge in [-0.1, -0.05) is 46.3 Å². The van der Waals surface area contributed by atoms with Crippen LogP contribution in [0.2, 0.25) is 0 Å². The molecular weight excluding hydrogens is 312 g/mol. The lowest BCUT2D eigenvalue weighted by Crippen LogP contribution is -2.35. The van der Waals surface area contributed by atoms with Gasteiger partial charge in [0.25, 0.3) is 0 Å². The first kappa shape index (κ1) is 20.1. The Labute approximate surface area is 152 Å². The van der Waals surface area contributed by atoms with E-state index in [-0.39, 0.29) is 34.4 Å². The predicted octanol–water partition coefficient (Wildman–Crippen LogP) is 4.90. The van der Waals surface area contributed by atoms with E-state index in [4.69, 9.17) is 4.74 Å². The molecule has 3 heteroatoms. The van der Waals surface area contributed by atoms with Crippen molar-refractivity contribution < 1.29 is 14.3 Å². The second-order valence-corrected chi connectivity index (χ2v) is 9.99. The minimum atomic E-state index is -0.665. The molecule has 1 saturated carbocycles. The Balaban J connectivity index is 2.30. The normalized spacial score (nSPS) is 30.7. The van der Waals surface area contributed by atoms with Crippen molar-refractivity contribution in [2.24, 2.45) is 22.2 Å². The van der Waals surface area contributed by atoms with E-state index in [2.05, 4.69) is 47.6 Å². The number of hydrogen-bond acceptors (Lipinski definition) is 3. The van der Waals surface area contributed by atoms with Gasteiger partial charge in [0, 0.05) is 12.7 Å². The fourth-order valence-corrected chi connectivity index (χ4v) is 4.59. The number of ether oxygens (including phenoxy) is 1. The molecule has 0 amide bonds. The van der Waals surface area contributed by atoms with Crippen LogP contribution in [-0.2, 0) is 14.3 Å². The molecule has 0 aromatic rings. The van der Waals surface area contributed by atoms with Gasteiger partial charge in [0.2, 0.25) is 0 Å². The third-order valence-corrected chi connectivity index (χ3v) is 5.87. The fourth-order valence-electron chi connectivity index (χ4n) is 4.59. The quantitative estimate of drug-likeness (QED) is 0.665. The SMILES string of the molecule is COC1C2C(=O)C(C)=C(C(C)(C)CC=C(C)CC(C)(C)C)C(=O)C12C. The van der Waals surface area contributed by atoms with Crippen molar-refractivity contribution in [2.75, 3.05) is 7.11 Å². The van der Waals surface area contributed by atoms with E-state index in [1.807, 2.05) is 13.8 Å². The summed E-state index contributed by atoms with van der Waals surface area (Å²) in [5.74, 6) is -0.0940.